The van der Waals surface area contributed by atoms with Crippen LogP contribution in [0.15, 0.2) is 41.0 Å². The lowest BCUT2D eigenvalue weighted by Crippen LogP contribution is -2.40. The fourth-order valence-corrected chi connectivity index (χ4v) is 5.93. The van der Waals surface area contributed by atoms with E-state index in [0.717, 1.165) is 46.9 Å². The first-order chi connectivity index (χ1) is 18.7. The maximum absolute atomic E-state index is 13.6. The molecule has 1 unspecified atom stereocenters. The summed E-state index contributed by atoms with van der Waals surface area (Å²) >= 11 is 0. The van der Waals surface area contributed by atoms with Gasteiger partial charge in [0, 0.05) is 30.7 Å². The molecule has 1 aromatic carbocycles. The Bertz CT molecular complexity index is 1390. The van der Waals surface area contributed by atoms with Crippen molar-refractivity contribution in [2.75, 3.05) is 40.3 Å². The Labute approximate surface area is 229 Å². The molecular weight excluding hydrogens is 492 g/mol. The highest BCUT2D eigenvalue weighted by molar-refractivity contribution is 6.08. The summed E-state index contributed by atoms with van der Waals surface area (Å²) in [6.45, 7) is 5.50. The summed E-state index contributed by atoms with van der Waals surface area (Å²) in [5.41, 5.74) is 5.23. The Balaban J connectivity index is 1.44. The van der Waals surface area contributed by atoms with Crippen molar-refractivity contribution in [3.8, 4) is 0 Å². The number of carbonyl (C=O) groups excluding carboxylic acids is 3. The lowest BCUT2D eigenvalue weighted by atomic mass is 9.94. The third kappa shape index (κ3) is 5.73. The van der Waals surface area contributed by atoms with Crippen LogP contribution in [0.25, 0.3) is 16.5 Å². The van der Waals surface area contributed by atoms with Gasteiger partial charge in [-0.05, 0) is 76.6 Å². The van der Waals surface area contributed by atoms with E-state index < -0.39 is 5.92 Å². The fraction of sp³-hybridized carbons (Fsp3) is 0.500. The molecule has 0 bridgehead atoms. The molecule has 9 nitrogen and oxygen atoms in total. The quantitative estimate of drug-likeness (QED) is 0.590. The van der Waals surface area contributed by atoms with Gasteiger partial charge in [0.15, 0.2) is 0 Å². The second-order valence-electron chi connectivity index (χ2n) is 11.3. The summed E-state index contributed by atoms with van der Waals surface area (Å²) < 4.78 is 2.09. The molecule has 206 valence electrons. The monoisotopic (exact) mass is 530 g/mol. The van der Waals surface area contributed by atoms with E-state index >= 15 is 0 Å². The van der Waals surface area contributed by atoms with Crippen LogP contribution in [0.5, 0.6) is 0 Å². The van der Waals surface area contributed by atoms with Gasteiger partial charge in [0.25, 0.3) is 11.8 Å². The maximum Gasteiger partial charge on any atom is 0.254 e. The number of benzene rings is 1. The molecule has 5 rings (SSSR count). The summed E-state index contributed by atoms with van der Waals surface area (Å²) in [5.74, 6) is -0.782. The minimum absolute atomic E-state index is 0.117. The molecule has 1 saturated carbocycles. The number of nitrogens with one attached hydrogen (secondary N) is 1. The predicted molar refractivity (Wildman–Crippen MR) is 153 cm³/mol. The third-order valence-corrected chi connectivity index (χ3v) is 8.05. The van der Waals surface area contributed by atoms with Crippen LogP contribution >= 0.6 is 0 Å². The van der Waals surface area contributed by atoms with E-state index in [1.807, 2.05) is 43.0 Å². The number of carbonyl (C=O) groups is 3. The number of allylic oxidation sites excluding steroid dienone is 1. The van der Waals surface area contributed by atoms with Gasteiger partial charge in [-0.2, -0.15) is 5.10 Å². The molecule has 1 atom stereocenters. The highest BCUT2D eigenvalue weighted by atomic mass is 16.2. The van der Waals surface area contributed by atoms with Gasteiger partial charge in [-0.15, -0.1) is 0 Å². The molecule has 1 aromatic heterocycles. The van der Waals surface area contributed by atoms with Crippen molar-refractivity contribution in [2.45, 2.75) is 52.0 Å². The number of likely N-dealkylation sites (N-methyl/N-ethyl adjacent to an activating group) is 1. The molecule has 1 aliphatic carbocycles. The SMILES string of the molecule is CC1=CC(C)=NC(=O)C1CNC(=O)c1cc(C2=CCN(C(=O)CN(C)C)CC2)cc2c1cnn2C1CCCC1. The van der Waals surface area contributed by atoms with E-state index in [-0.39, 0.29) is 24.3 Å². The highest BCUT2D eigenvalue weighted by Gasteiger charge is 2.27. The molecule has 2 aromatic rings. The van der Waals surface area contributed by atoms with Crippen molar-refractivity contribution < 1.29 is 14.4 Å². The van der Waals surface area contributed by atoms with Gasteiger partial charge in [-0.3, -0.25) is 19.1 Å². The summed E-state index contributed by atoms with van der Waals surface area (Å²) in [5, 5.41) is 8.55. The summed E-state index contributed by atoms with van der Waals surface area (Å²) in [6, 6.07) is 4.42. The number of aromatic nitrogens is 2. The van der Waals surface area contributed by atoms with Gasteiger partial charge >= 0.3 is 0 Å². The number of dihydropyridines is 1. The van der Waals surface area contributed by atoms with E-state index in [0.29, 0.717) is 37.0 Å². The highest BCUT2D eigenvalue weighted by Crippen LogP contribution is 2.35. The molecule has 0 spiro atoms. The van der Waals surface area contributed by atoms with Gasteiger partial charge < -0.3 is 15.1 Å². The van der Waals surface area contributed by atoms with Crippen molar-refractivity contribution in [3.63, 3.8) is 0 Å². The molecular formula is C30H38N6O3. The molecule has 39 heavy (non-hydrogen) atoms. The van der Waals surface area contributed by atoms with Crippen LogP contribution in [-0.2, 0) is 9.59 Å². The number of nitrogens with zero attached hydrogens (tertiary/aromatic N) is 5. The first-order valence-corrected chi connectivity index (χ1v) is 13.9. The average Bonchev–Trinajstić information content (AvgIpc) is 3.57. The van der Waals surface area contributed by atoms with Gasteiger partial charge in [0.1, 0.15) is 0 Å². The number of amides is 3. The van der Waals surface area contributed by atoms with E-state index in [1.54, 1.807) is 13.1 Å². The molecule has 3 heterocycles. The van der Waals surface area contributed by atoms with Gasteiger partial charge in [0.05, 0.1) is 35.8 Å². The maximum atomic E-state index is 13.6. The van der Waals surface area contributed by atoms with Crippen molar-refractivity contribution in [2.24, 2.45) is 10.9 Å². The molecule has 1 N–H and O–H groups in total. The summed E-state index contributed by atoms with van der Waals surface area (Å²) in [6.07, 6.45) is 11.1. The Kier molecular flexibility index (Phi) is 7.79. The molecule has 0 radical (unpaired) electrons. The zero-order valence-corrected chi connectivity index (χ0v) is 23.4. The van der Waals surface area contributed by atoms with Crippen molar-refractivity contribution in [3.05, 3.63) is 47.2 Å². The predicted octanol–water partition coefficient (Wildman–Crippen LogP) is 3.62. The normalized spacial score (nSPS) is 20.3. The van der Waals surface area contributed by atoms with Crippen molar-refractivity contribution in [1.29, 1.82) is 0 Å². The Morgan fingerprint density at radius 3 is 2.59 bits per heavy atom. The number of hydrogen-bond donors (Lipinski definition) is 1. The van der Waals surface area contributed by atoms with Crippen LogP contribution in [0.2, 0.25) is 0 Å². The van der Waals surface area contributed by atoms with Crippen molar-refractivity contribution in [1.82, 2.24) is 24.9 Å². The topological polar surface area (TPSA) is 99.9 Å². The average molecular weight is 531 g/mol. The van der Waals surface area contributed by atoms with Crippen LogP contribution in [0, 0.1) is 5.92 Å². The number of hydrogen-bond acceptors (Lipinski definition) is 5. The third-order valence-electron chi connectivity index (χ3n) is 8.05. The second kappa shape index (κ2) is 11.3. The smallest absolute Gasteiger partial charge is 0.254 e. The first kappa shape index (κ1) is 27.0. The summed E-state index contributed by atoms with van der Waals surface area (Å²) in [7, 11) is 3.79. The van der Waals surface area contributed by atoms with Crippen molar-refractivity contribution >= 4 is 39.9 Å². The van der Waals surface area contributed by atoms with E-state index in [9.17, 15) is 14.4 Å². The largest absolute Gasteiger partial charge is 0.351 e. The number of fused-ring (bicyclic) bond motifs is 1. The fourth-order valence-electron chi connectivity index (χ4n) is 5.93. The van der Waals surface area contributed by atoms with E-state index in [2.05, 4.69) is 27.1 Å². The Hall–Kier alpha value is -3.59. The second-order valence-corrected chi connectivity index (χ2v) is 11.3. The molecule has 3 aliphatic rings. The van der Waals surface area contributed by atoms with Gasteiger partial charge in [0.2, 0.25) is 5.91 Å². The minimum atomic E-state index is -0.454. The molecule has 0 saturated heterocycles. The zero-order chi connectivity index (χ0) is 27.7. The van der Waals surface area contributed by atoms with Crippen LogP contribution in [0.3, 0.4) is 0 Å². The molecule has 1 fully saturated rings. The number of rotatable bonds is 7. The molecule has 3 amide bonds. The van der Waals surface area contributed by atoms with Crippen LogP contribution in [0.1, 0.15) is 67.9 Å². The number of aliphatic imine (C=N–C) groups is 1. The first-order valence-electron chi connectivity index (χ1n) is 13.9. The molecule has 9 heteroatoms. The lowest BCUT2D eigenvalue weighted by molar-refractivity contribution is -0.131. The standard InChI is InChI=1S/C30H38N6O3/c1-19-13-20(2)33-30(39)25(19)16-31-29(38)24-14-22(21-9-11-35(12-10-21)28(37)18-34(3)4)15-27-26(24)17-32-36(27)23-7-5-6-8-23/h9,13-15,17,23,25H,5-8,10-12,16,18H2,1-4H3,(H,31,38). The summed E-state index contributed by atoms with van der Waals surface area (Å²) in [4.78, 5) is 46.5. The lowest BCUT2D eigenvalue weighted by Gasteiger charge is -2.28. The molecule has 2 aliphatic heterocycles. The minimum Gasteiger partial charge on any atom is -0.351 e. The van der Waals surface area contributed by atoms with E-state index in [1.165, 1.54) is 12.8 Å². The Morgan fingerprint density at radius 1 is 1.15 bits per heavy atom. The van der Waals surface area contributed by atoms with Crippen LogP contribution in [-0.4, -0.2) is 83.3 Å². The van der Waals surface area contributed by atoms with E-state index in [4.69, 9.17) is 5.10 Å². The van der Waals surface area contributed by atoms with Gasteiger partial charge in [-0.1, -0.05) is 24.5 Å². The Morgan fingerprint density at radius 2 is 1.92 bits per heavy atom. The van der Waals surface area contributed by atoms with Crippen LogP contribution in [0.4, 0.5) is 0 Å². The van der Waals surface area contributed by atoms with Gasteiger partial charge in [-0.25, -0.2) is 4.99 Å². The zero-order valence-electron chi connectivity index (χ0n) is 23.4. The van der Waals surface area contributed by atoms with Crippen LogP contribution < -0.4 is 5.32 Å².